The van der Waals surface area contributed by atoms with E-state index in [4.69, 9.17) is 24.1 Å². The van der Waals surface area contributed by atoms with Crippen molar-refractivity contribution in [2.45, 2.75) is 31.0 Å². The number of benzene rings is 3. The fourth-order valence-electron chi connectivity index (χ4n) is 5.13. The summed E-state index contributed by atoms with van der Waals surface area (Å²) >= 11 is 0. The SMILES string of the molecule is C[N+]1(CCCOc2ccc([N+](=O)[O-])cc2)CCC(OC(=O)C2c3ccccc3Oc3ccccc32)C1.O=C([O-])C(F)(F)F. The molecule has 2 atom stereocenters. The van der Waals surface area contributed by atoms with Crippen LogP contribution in [0.3, 0.4) is 0 Å². The van der Waals surface area contributed by atoms with E-state index in [1.54, 1.807) is 12.1 Å². The average Bonchev–Trinajstić information content (AvgIpc) is 3.34. The van der Waals surface area contributed by atoms with Crippen LogP contribution in [0.1, 0.15) is 29.9 Å². The number of rotatable bonds is 8. The molecule has 43 heavy (non-hydrogen) atoms. The number of halogens is 3. The molecule has 13 heteroatoms. The normalized spacial score (nSPS) is 19.1. The van der Waals surface area contributed by atoms with Crippen molar-refractivity contribution in [3.8, 4) is 17.2 Å². The summed E-state index contributed by atoms with van der Waals surface area (Å²) in [7, 11) is 2.18. The van der Waals surface area contributed by atoms with Crippen molar-refractivity contribution in [2.75, 3.05) is 33.3 Å². The number of carboxylic acid groups (broad SMARTS) is 1. The second kappa shape index (κ2) is 13.1. The zero-order valence-electron chi connectivity index (χ0n) is 23.1. The van der Waals surface area contributed by atoms with Crippen molar-refractivity contribution in [3.05, 3.63) is 94.0 Å². The molecule has 2 aliphatic heterocycles. The summed E-state index contributed by atoms with van der Waals surface area (Å²) in [4.78, 5) is 32.6. The van der Waals surface area contributed by atoms with E-state index in [-0.39, 0.29) is 17.8 Å². The minimum atomic E-state index is -5.19. The molecular weight excluding hydrogens is 573 g/mol. The molecule has 3 aromatic rings. The Bertz CT molecular complexity index is 1420. The topological polar surface area (TPSA) is 128 Å². The van der Waals surface area contributed by atoms with Crippen LogP contribution in [0.4, 0.5) is 18.9 Å². The minimum Gasteiger partial charge on any atom is -0.542 e. The maximum atomic E-state index is 13.4. The molecule has 2 heterocycles. The van der Waals surface area contributed by atoms with Gasteiger partial charge < -0.3 is 28.6 Å². The van der Waals surface area contributed by atoms with E-state index in [1.165, 1.54) is 12.1 Å². The van der Waals surface area contributed by atoms with Gasteiger partial charge in [-0.15, -0.1) is 0 Å². The Morgan fingerprint density at radius 3 is 2.09 bits per heavy atom. The third-order valence-corrected chi connectivity index (χ3v) is 7.22. The van der Waals surface area contributed by atoms with Crippen LogP contribution >= 0.6 is 0 Å². The van der Waals surface area contributed by atoms with Crippen LogP contribution in [0, 0.1) is 10.1 Å². The lowest BCUT2D eigenvalue weighted by molar-refractivity contribution is -0.899. The van der Waals surface area contributed by atoms with E-state index in [0.29, 0.717) is 23.9 Å². The number of hydrogen-bond donors (Lipinski definition) is 0. The van der Waals surface area contributed by atoms with Gasteiger partial charge in [-0.25, -0.2) is 0 Å². The number of carbonyl (C=O) groups excluding carboxylic acids is 2. The van der Waals surface area contributed by atoms with E-state index in [1.807, 2.05) is 48.5 Å². The first-order valence-electron chi connectivity index (χ1n) is 13.4. The van der Waals surface area contributed by atoms with Crippen molar-refractivity contribution >= 4 is 17.6 Å². The minimum absolute atomic E-state index is 0.0470. The number of alkyl halides is 3. The Hall–Kier alpha value is -4.65. The Labute approximate surface area is 244 Å². The van der Waals surface area contributed by atoms with E-state index in [2.05, 4.69) is 7.05 Å². The molecule has 10 nitrogen and oxygen atoms in total. The number of nitrogens with zero attached hydrogens (tertiary/aromatic N) is 2. The number of ether oxygens (including phenoxy) is 3. The Balaban J connectivity index is 0.000000541. The van der Waals surface area contributed by atoms with Gasteiger partial charge in [-0.1, -0.05) is 36.4 Å². The largest absolute Gasteiger partial charge is 0.542 e. The quantitative estimate of drug-likeness (QED) is 0.122. The highest BCUT2D eigenvalue weighted by Crippen LogP contribution is 2.44. The van der Waals surface area contributed by atoms with Crippen LogP contribution in [0.5, 0.6) is 17.2 Å². The molecule has 0 aromatic heterocycles. The third kappa shape index (κ3) is 8.01. The molecule has 1 saturated heterocycles. The second-order valence-corrected chi connectivity index (χ2v) is 10.4. The molecule has 0 aliphatic carbocycles. The van der Waals surface area contributed by atoms with Gasteiger partial charge in [0.2, 0.25) is 0 Å². The molecule has 3 aromatic carbocycles. The summed E-state index contributed by atoms with van der Waals surface area (Å²) in [5, 5.41) is 19.6. The van der Waals surface area contributed by atoms with Crippen molar-refractivity contribution in [3.63, 3.8) is 0 Å². The molecule has 0 saturated carbocycles. The highest BCUT2D eigenvalue weighted by atomic mass is 19.4. The van der Waals surface area contributed by atoms with Gasteiger partial charge >= 0.3 is 12.1 Å². The standard InChI is InChI=1S/C28H29N2O6.C2HF3O2/c1-30(16-6-18-34-21-13-11-20(12-14-21)29(32)33)17-15-22(19-30)35-28(31)27-23-7-2-4-9-25(23)36-26-10-5-3-8-24(26)27;3-2(4,5)1(6)7/h2-5,7-14,22,27H,6,15-19H2,1H3;(H,6,7)/q+1;/p-1. The number of carboxylic acids is 1. The van der Waals surface area contributed by atoms with Crippen LogP contribution in [-0.4, -0.2) is 66.9 Å². The molecule has 0 amide bonds. The lowest BCUT2D eigenvalue weighted by Crippen LogP contribution is -2.44. The van der Waals surface area contributed by atoms with Crippen LogP contribution in [0.25, 0.3) is 0 Å². The van der Waals surface area contributed by atoms with Gasteiger partial charge in [0.1, 0.15) is 35.7 Å². The first kappa shape index (κ1) is 31.3. The first-order valence-corrected chi connectivity index (χ1v) is 13.4. The predicted molar refractivity (Wildman–Crippen MR) is 144 cm³/mol. The van der Waals surface area contributed by atoms with E-state index in [0.717, 1.165) is 48.1 Å². The molecule has 0 radical (unpaired) electrons. The molecule has 228 valence electrons. The number of likely N-dealkylation sites (N-methyl/N-ethyl adjacent to an activating group) is 1. The number of non-ortho nitro benzene ring substituents is 1. The number of hydrogen-bond acceptors (Lipinski definition) is 8. The van der Waals surface area contributed by atoms with E-state index >= 15 is 0 Å². The molecule has 2 aliphatic rings. The average molecular weight is 603 g/mol. The zero-order chi connectivity index (χ0) is 31.2. The number of nitro groups is 1. The number of aliphatic carboxylic acids is 1. The van der Waals surface area contributed by atoms with E-state index < -0.39 is 23.0 Å². The van der Waals surface area contributed by atoms with Crippen LogP contribution in [0.15, 0.2) is 72.8 Å². The smallest absolute Gasteiger partial charge is 0.430 e. The second-order valence-electron chi connectivity index (χ2n) is 10.4. The number of nitro benzene ring substituents is 1. The molecule has 2 unspecified atom stereocenters. The highest BCUT2D eigenvalue weighted by molar-refractivity contribution is 5.85. The summed E-state index contributed by atoms with van der Waals surface area (Å²) in [6, 6.07) is 21.4. The molecule has 0 bridgehead atoms. The van der Waals surface area contributed by atoms with Crippen molar-refractivity contribution in [2.24, 2.45) is 0 Å². The monoisotopic (exact) mass is 602 g/mol. The lowest BCUT2D eigenvalue weighted by atomic mass is 9.88. The molecular formula is C30H29F3N2O8. The number of fused-ring (bicyclic) bond motifs is 2. The Morgan fingerprint density at radius 1 is 1.00 bits per heavy atom. The van der Waals surface area contributed by atoms with Crippen molar-refractivity contribution in [1.29, 1.82) is 0 Å². The maximum Gasteiger partial charge on any atom is 0.430 e. The van der Waals surface area contributed by atoms with Crippen molar-refractivity contribution in [1.82, 2.24) is 0 Å². The Kier molecular flexibility index (Phi) is 9.54. The number of esters is 1. The zero-order valence-corrected chi connectivity index (χ0v) is 23.1. The van der Waals surface area contributed by atoms with Crippen LogP contribution in [-0.2, 0) is 14.3 Å². The maximum absolute atomic E-state index is 13.4. The molecule has 1 fully saturated rings. The van der Waals surface area contributed by atoms with Crippen LogP contribution < -0.4 is 14.6 Å². The fourth-order valence-corrected chi connectivity index (χ4v) is 5.13. The number of para-hydroxylation sites is 2. The lowest BCUT2D eigenvalue weighted by Gasteiger charge is -2.30. The van der Waals surface area contributed by atoms with Crippen LogP contribution in [0.2, 0.25) is 0 Å². The third-order valence-electron chi connectivity index (χ3n) is 7.22. The summed E-state index contributed by atoms with van der Waals surface area (Å²) < 4.78 is 50.2. The summed E-state index contributed by atoms with van der Waals surface area (Å²) in [5.74, 6) is -1.74. The predicted octanol–water partition coefficient (Wildman–Crippen LogP) is 4.36. The van der Waals surface area contributed by atoms with Gasteiger partial charge in [-0.2, -0.15) is 13.2 Å². The van der Waals surface area contributed by atoms with E-state index in [9.17, 15) is 28.1 Å². The highest BCUT2D eigenvalue weighted by Gasteiger charge is 2.40. The summed E-state index contributed by atoms with van der Waals surface area (Å²) in [6.45, 7) is 3.10. The number of likely N-dealkylation sites (tertiary alicyclic amines) is 1. The first-order chi connectivity index (χ1) is 20.4. The molecule has 5 rings (SSSR count). The van der Waals surface area contributed by atoms with Gasteiger partial charge in [0.25, 0.3) is 5.69 Å². The van der Waals surface area contributed by atoms with Gasteiger partial charge in [0.15, 0.2) is 6.10 Å². The number of quaternary nitrogens is 1. The number of carbonyl (C=O) groups is 2. The Morgan fingerprint density at radius 2 is 1.56 bits per heavy atom. The fraction of sp³-hybridized carbons (Fsp3) is 0.333. The van der Waals surface area contributed by atoms with Crippen molar-refractivity contribution < 1.29 is 51.5 Å². The van der Waals surface area contributed by atoms with Gasteiger partial charge in [0.05, 0.1) is 31.7 Å². The van der Waals surface area contributed by atoms with Gasteiger partial charge in [-0.3, -0.25) is 14.9 Å². The molecule has 0 N–H and O–H groups in total. The molecule has 0 spiro atoms. The van der Waals surface area contributed by atoms with Gasteiger partial charge in [-0.05, 0) is 24.3 Å². The summed E-state index contributed by atoms with van der Waals surface area (Å²) in [5.41, 5.74) is 1.71. The summed E-state index contributed by atoms with van der Waals surface area (Å²) in [6.07, 6.45) is -3.69. The van der Waals surface area contributed by atoms with Gasteiger partial charge in [0, 0.05) is 36.1 Å².